The first-order chi connectivity index (χ1) is 15.0. The summed E-state index contributed by atoms with van der Waals surface area (Å²) in [6.45, 7) is 1.92. The second-order valence-corrected chi connectivity index (χ2v) is 7.93. The number of ether oxygens (including phenoxy) is 1. The Kier molecular flexibility index (Phi) is 4.67. The second kappa shape index (κ2) is 7.52. The van der Waals surface area contributed by atoms with Crippen LogP contribution in [-0.2, 0) is 13.0 Å². The fourth-order valence-corrected chi connectivity index (χ4v) is 4.34. The van der Waals surface area contributed by atoms with Crippen molar-refractivity contribution in [2.75, 3.05) is 32.2 Å². The van der Waals surface area contributed by atoms with Crippen molar-refractivity contribution < 1.29 is 4.74 Å². The van der Waals surface area contributed by atoms with E-state index in [1.54, 1.807) is 7.11 Å². The Labute approximate surface area is 180 Å². The first-order valence-corrected chi connectivity index (χ1v) is 10.2. The summed E-state index contributed by atoms with van der Waals surface area (Å²) >= 11 is 0. The highest BCUT2D eigenvalue weighted by molar-refractivity contribution is 6.06. The topological polar surface area (TPSA) is 103 Å². The van der Waals surface area contributed by atoms with Gasteiger partial charge in [-0.2, -0.15) is 0 Å². The van der Waals surface area contributed by atoms with Gasteiger partial charge in [0, 0.05) is 24.2 Å². The summed E-state index contributed by atoms with van der Waals surface area (Å²) in [5, 5.41) is 8.17. The highest BCUT2D eigenvalue weighted by atomic mass is 16.5. The van der Waals surface area contributed by atoms with Gasteiger partial charge in [0.05, 0.1) is 12.8 Å². The number of nitrogens with two attached hydrogens (primary N) is 2. The molecule has 2 heterocycles. The summed E-state index contributed by atoms with van der Waals surface area (Å²) in [6.07, 6.45) is 0.993. The molecule has 1 aliphatic rings. The van der Waals surface area contributed by atoms with Crippen molar-refractivity contribution in [3.05, 3.63) is 59.7 Å². The van der Waals surface area contributed by atoms with Crippen LogP contribution >= 0.6 is 0 Å². The maximum Gasteiger partial charge on any atom is 0.240 e. The van der Waals surface area contributed by atoms with E-state index in [0.717, 1.165) is 47.5 Å². The van der Waals surface area contributed by atoms with Crippen LogP contribution in [0.5, 0.6) is 5.75 Å². The molecule has 5 rings (SSSR count). The van der Waals surface area contributed by atoms with E-state index in [1.165, 1.54) is 11.1 Å². The molecule has 0 spiro atoms. The number of rotatable bonds is 3. The molecule has 4 N–H and O–H groups in total. The fourth-order valence-electron chi connectivity index (χ4n) is 4.34. The lowest BCUT2D eigenvalue weighted by Gasteiger charge is -2.27. The van der Waals surface area contributed by atoms with E-state index in [-0.39, 0.29) is 5.95 Å². The first kappa shape index (κ1) is 19.3. The van der Waals surface area contributed by atoms with E-state index in [4.69, 9.17) is 16.2 Å². The number of hydrogen-bond donors (Lipinski definition) is 2. The van der Waals surface area contributed by atoms with E-state index in [9.17, 15) is 0 Å². The number of likely N-dealkylation sites (N-methyl/N-ethyl adjacent to an activating group) is 1. The van der Waals surface area contributed by atoms with E-state index in [2.05, 4.69) is 51.4 Å². The molecule has 156 valence electrons. The first-order valence-electron chi connectivity index (χ1n) is 10.2. The van der Waals surface area contributed by atoms with Crippen molar-refractivity contribution in [1.29, 1.82) is 0 Å². The Morgan fingerprint density at radius 3 is 2.52 bits per heavy atom. The van der Waals surface area contributed by atoms with Crippen LogP contribution in [0.4, 0.5) is 11.6 Å². The molecule has 0 aliphatic carbocycles. The number of methoxy groups -OCH3 is 1. The van der Waals surface area contributed by atoms with Crippen molar-refractivity contribution in [3.8, 4) is 28.0 Å². The third-order valence-corrected chi connectivity index (χ3v) is 5.86. The number of hydrogen-bond acceptors (Lipinski definition) is 7. The highest BCUT2D eigenvalue weighted by Gasteiger charge is 2.23. The van der Waals surface area contributed by atoms with Crippen LogP contribution in [0.2, 0.25) is 0 Å². The lowest BCUT2D eigenvalue weighted by molar-refractivity contribution is 0.312. The molecule has 1 aliphatic heterocycles. The Balaban J connectivity index is 1.89. The van der Waals surface area contributed by atoms with E-state index >= 15 is 0 Å². The minimum absolute atomic E-state index is 0.107. The zero-order valence-corrected chi connectivity index (χ0v) is 17.6. The predicted octanol–water partition coefficient (Wildman–Crippen LogP) is 3.52. The smallest absolute Gasteiger partial charge is 0.240 e. The van der Waals surface area contributed by atoms with Gasteiger partial charge in [-0.3, -0.25) is 0 Å². The van der Waals surface area contributed by atoms with Crippen LogP contribution in [0.25, 0.3) is 33.3 Å². The van der Waals surface area contributed by atoms with Crippen LogP contribution < -0.4 is 16.2 Å². The third kappa shape index (κ3) is 3.33. The zero-order chi connectivity index (χ0) is 21.5. The summed E-state index contributed by atoms with van der Waals surface area (Å²) in [4.78, 5) is 6.88. The van der Waals surface area contributed by atoms with Gasteiger partial charge >= 0.3 is 0 Å². The molecule has 0 unspecified atom stereocenters. The molecule has 7 nitrogen and oxygen atoms in total. The molecule has 0 fully saturated rings. The molecule has 31 heavy (non-hydrogen) atoms. The van der Waals surface area contributed by atoms with Crippen LogP contribution in [0, 0.1) is 0 Å². The van der Waals surface area contributed by atoms with Gasteiger partial charge in [0.25, 0.3) is 0 Å². The van der Waals surface area contributed by atoms with Crippen molar-refractivity contribution in [1.82, 2.24) is 20.1 Å². The minimum atomic E-state index is 0.107. The molecular formula is C24H24N6O. The standard InChI is InChI=1S/C24H24N6O/c1-30-9-8-15-11-20(31-2)18(10-16(15)13-30)21-17(14-6-4-3-5-7-14)12-19(25)22-23(21)27-24(26)29-28-22/h3-7,10-12H,8-9,13,25H2,1-2H3,(H2,26,27,29). The molecule has 0 bridgehead atoms. The summed E-state index contributed by atoms with van der Waals surface area (Å²) in [5.74, 6) is 0.902. The normalized spacial score (nSPS) is 13.9. The van der Waals surface area contributed by atoms with Gasteiger partial charge in [0.15, 0.2) is 0 Å². The lowest BCUT2D eigenvalue weighted by Crippen LogP contribution is -2.26. The number of nitrogens with zero attached hydrogens (tertiary/aromatic N) is 4. The second-order valence-electron chi connectivity index (χ2n) is 7.93. The van der Waals surface area contributed by atoms with E-state index in [0.29, 0.717) is 16.7 Å². The van der Waals surface area contributed by atoms with Crippen LogP contribution in [0.15, 0.2) is 48.5 Å². The third-order valence-electron chi connectivity index (χ3n) is 5.86. The maximum absolute atomic E-state index is 6.37. The van der Waals surface area contributed by atoms with Gasteiger partial charge in [-0.25, -0.2) is 4.98 Å². The lowest BCUT2D eigenvalue weighted by atomic mass is 9.88. The van der Waals surface area contributed by atoms with Crippen molar-refractivity contribution in [2.24, 2.45) is 0 Å². The molecular weight excluding hydrogens is 388 g/mol. The molecule has 0 saturated heterocycles. The van der Waals surface area contributed by atoms with E-state index in [1.807, 2.05) is 24.3 Å². The Morgan fingerprint density at radius 2 is 1.74 bits per heavy atom. The summed E-state index contributed by atoms with van der Waals surface area (Å²) in [6, 6.07) is 16.4. The molecule has 3 aromatic carbocycles. The number of anilines is 2. The Morgan fingerprint density at radius 1 is 0.935 bits per heavy atom. The molecule has 0 atom stereocenters. The van der Waals surface area contributed by atoms with Crippen molar-refractivity contribution in [3.63, 3.8) is 0 Å². The largest absolute Gasteiger partial charge is 0.496 e. The molecule has 4 aromatic rings. The SMILES string of the molecule is COc1cc2c(cc1-c1c(-c3ccccc3)cc(N)c3nnc(N)nc13)CN(C)CC2. The van der Waals surface area contributed by atoms with Gasteiger partial charge in [-0.15, -0.1) is 10.2 Å². The zero-order valence-electron chi connectivity index (χ0n) is 17.6. The van der Waals surface area contributed by atoms with Crippen molar-refractivity contribution >= 4 is 22.7 Å². The van der Waals surface area contributed by atoms with Gasteiger partial charge < -0.3 is 21.1 Å². The molecule has 0 radical (unpaired) electrons. The minimum Gasteiger partial charge on any atom is -0.496 e. The van der Waals surface area contributed by atoms with Crippen LogP contribution in [0.3, 0.4) is 0 Å². The Hall–Kier alpha value is -3.71. The number of benzene rings is 3. The molecule has 0 saturated carbocycles. The Bertz CT molecular complexity index is 1290. The number of fused-ring (bicyclic) bond motifs is 2. The van der Waals surface area contributed by atoms with Gasteiger partial charge in [-0.05, 0) is 53.9 Å². The van der Waals surface area contributed by atoms with Crippen LogP contribution in [-0.4, -0.2) is 40.8 Å². The summed E-state index contributed by atoms with van der Waals surface area (Å²) < 4.78 is 5.85. The van der Waals surface area contributed by atoms with Gasteiger partial charge in [0.1, 0.15) is 16.8 Å². The molecule has 0 amide bonds. The average Bonchev–Trinajstić information content (AvgIpc) is 2.78. The average molecular weight is 412 g/mol. The maximum atomic E-state index is 6.37. The fraction of sp³-hybridized carbons (Fsp3) is 0.208. The number of aromatic nitrogens is 3. The van der Waals surface area contributed by atoms with E-state index < -0.39 is 0 Å². The van der Waals surface area contributed by atoms with Gasteiger partial charge in [-0.1, -0.05) is 30.3 Å². The summed E-state index contributed by atoms with van der Waals surface area (Å²) in [5.41, 5.74) is 20.4. The summed E-state index contributed by atoms with van der Waals surface area (Å²) in [7, 11) is 3.84. The predicted molar refractivity (Wildman–Crippen MR) is 124 cm³/mol. The molecule has 1 aromatic heterocycles. The molecule has 7 heteroatoms. The van der Waals surface area contributed by atoms with Gasteiger partial charge in [0.2, 0.25) is 5.95 Å². The quantitative estimate of drug-likeness (QED) is 0.496. The van der Waals surface area contributed by atoms with Crippen LogP contribution in [0.1, 0.15) is 11.1 Å². The van der Waals surface area contributed by atoms with Crippen molar-refractivity contribution in [2.45, 2.75) is 13.0 Å². The monoisotopic (exact) mass is 412 g/mol. The number of nitrogen functional groups attached to an aromatic ring is 2. The highest BCUT2D eigenvalue weighted by Crippen LogP contribution is 2.44.